The highest BCUT2D eigenvalue weighted by atomic mass is 16.7. The molecule has 0 bridgehead atoms. The molecule has 0 aromatic carbocycles. The van der Waals surface area contributed by atoms with E-state index in [-0.39, 0.29) is 45.8 Å². The fraction of sp³-hybridized carbons (Fsp3) is 0.760. The summed E-state index contributed by atoms with van der Waals surface area (Å²) in [4.78, 5) is 71.1. The maximum atomic E-state index is 12.4. The van der Waals surface area contributed by atoms with Gasteiger partial charge in [-0.3, -0.25) is 28.8 Å². The fourth-order valence-electron chi connectivity index (χ4n) is 3.92. The van der Waals surface area contributed by atoms with Gasteiger partial charge in [-0.15, -0.1) is 0 Å². The lowest BCUT2D eigenvalue weighted by molar-refractivity contribution is -0.285. The molecule has 1 heterocycles. The molecule has 42 heavy (non-hydrogen) atoms. The van der Waals surface area contributed by atoms with Gasteiger partial charge in [-0.2, -0.15) is 0 Å². The third-order valence-electron chi connectivity index (χ3n) is 5.54. The molecular weight excluding hydrogens is 568 g/mol. The molecule has 5 N–H and O–H groups in total. The first-order chi connectivity index (χ1) is 19.8. The number of rotatable bonds is 19. The Bertz CT molecular complexity index is 914. The zero-order valence-corrected chi connectivity index (χ0v) is 23.8. The van der Waals surface area contributed by atoms with Crippen LogP contribution in [0.1, 0.15) is 40.0 Å². The first kappa shape index (κ1) is 36.8. The molecule has 1 fully saturated rings. The predicted molar refractivity (Wildman–Crippen MR) is 137 cm³/mol. The Morgan fingerprint density at radius 3 is 2.17 bits per heavy atom. The normalized spacial score (nSPS) is 22.5. The van der Waals surface area contributed by atoms with Gasteiger partial charge >= 0.3 is 23.9 Å². The predicted octanol–water partition coefficient (Wildman–Crippen LogP) is -2.54. The van der Waals surface area contributed by atoms with Crippen LogP contribution in [-0.2, 0) is 61.9 Å². The number of primary amides is 1. The second-order valence-electron chi connectivity index (χ2n) is 9.21. The van der Waals surface area contributed by atoms with Crippen LogP contribution in [0.5, 0.6) is 0 Å². The lowest BCUT2D eigenvalue weighted by Gasteiger charge is -2.45. The number of carbonyl (C=O) groups excluding carboxylic acids is 6. The van der Waals surface area contributed by atoms with Gasteiger partial charge in [0, 0.05) is 40.2 Å². The average molecular weight is 609 g/mol. The molecule has 1 rings (SSSR count). The van der Waals surface area contributed by atoms with Gasteiger partial charge in [0.15, 0.2) is 12.4 Å². The van der Waals surface area contributed by atoms with Crippen LogP contribution in [0.15, 0.2) is 0 Å². The summed E-state index contributed by atoms with van der Waals surface area (Å²) in [5.74, 6) is -5.78. The SMILES string of the molecule is CC(=O)OC(=O)CC[C@H]1O[C@@H](OCC(=O)NCCOCCOC[C@H](O)CO)[C@H](CC(N)=O)[C@@H](OC(C)=O)[C@@H]1OC(C)=O. The molecule has 6 atom stereocenters. The summed E-state index contributed by atoms with van der Waals surface area (Å²) in [7, 11) is 0. The third kappa shape index (κ3) is 15.1. The van der Waals surface area contributed by atoms with Crippen molar-refractivity contribution in [2.24, 2.45) is 11.7 Å². The van der Waals surface area contributed by atoms with Crippen LogP contribution in [0.25, 0.3) is 0 Å². The number of hydrogen-bond donors (Lipinski definition) is 4. The van der Waals surface area contributed by atoms with Gasteiger partial charge in [0.2, 0.25) is 11.8 Å². The van der Waals surface area contributed by atoms with Crippen LogP contribution in [0, 0.1) is 5.92 Å². The summed E-state index contributed by atoms with van der Waals surface area (Å²) in [6.45, 7) is 2.78. The zero-order valence-electron chi connectivity index (χ0n) is 23.8. The Kier molecular flexibility index (Phi) is 17.4. The number of aliphatic hydroxyl groups excluding tert-OH is 2. The molecular formula is C25H40N2O15. The standard InChI is InChI=1S/C25H40N2O15/c1-14(29)39-22(35)5-4-19-24(41-16(3)31)23(40-15(2)30)18(10-20(26)33)25(42-19)38-13-21(34)27-6-7-36-8-9-37-12-17(32)11-28/h17-19,23-25,28,32H,4-13H2,1-3H3,(H2,26,33)(H,27,34)/t17-,18-,19-,23-,24-,25-/m1/s1. The topological polar surface area (TPSA) is 246 Å². The Hall–Kier alpha value is -3.22. The first-order valence-electron chi connectivity index (χ1n) is 13.2. The summed E-state index contributed by atoms with van der Waals surface area (Å²) < 4.78 is 37.1. The van der Waals surface area contributed by atoms with Crippen molar-refractivity contribution in [3.05, 3.63) is 0 Å². The van der Waals surface area contributed by atoms with Gasteiger partial charge in [-0.1, -0.05) is 0 Å². The largest absolute Gasteiger partial charge is 0.458 e. The summed E-state index contributed by atoms with van der Waals surface area (Å²) in [5, 5.41) is 20.4. The van der Waals surface area contributed by atoms with Crippen molar-refractivity contribution in [2.75, 3.05) is 46.2 Å². The van der Waals surface area contributed by atoms with Crippen molar-refractivity contribution in [3.8, 4) is 0 Å². The molecule has 17 heteroatoms. The number of carbonyl (C=O) groups is 6. The lowest BCUT2D eigenvalue weighted by Crippen LogP contribution is -2.59. The van der Waals surface area contributed by atoms with Crippen molar-refractivity contribution in [2.45, 2.75) is 70.7 Å². The van der Waals surface area contributed by atoms with Crippen LogP contribution in [0.3, 0.4) is 0 Å². The maximum Gasteiger partial charge on any atom is 0.313 e. The van der Waals surface area contributed by atoms with Crippen LogP contribution >= 0.6 is 0 Å². The Morgan fingerprint density at radius 1 is 0.929 bits per heavy atom. The smallest absolute Gasteiger partial charge is 0.313 e. The monoisotopic (exact) mass is 608 g/mol. The van der Waals surface area contributed by atoms with Gasteiger partial charge in [-0.05, 0) is 6.42 Å². The Morgan fingerprint density at radius 2 is 1.57 bits per heavy atom. The summed E-state index contributed by atoms with van der Waals surface area (Å²) >= 11 is 0. The molecule has 0 aromatic heterocycles. The molecule has 1 saturated heterocycles. The van der Waals surface area contributed by atoms with Crippen LogP contribution in [0.4, 0.5) is 0 Å². The fourth-order valence-corrected chi connectivity index (χ4v) is 3.92. The van der Waals surface area contributed by atoms with Crippen LogP contribution in [0.2, 0.25) is 0 Å². The van der Waals surface area contributed by atoms with Crippen LogP contribution in [-0.4, -0.2) is 123 Å². The maximum absolute atomic E-state index is 12.4. The van der Waals surface area contributed by atoms with Gasteiger partial charge in [0.05, 0.1) is 39.0 Å². The van der Waals surface area contributed by atoms with Gasteiger partial charge in [-0.25, -0.2) is 0 Å². The van der Waals surface area contributed by atoms with Crippen molar-refractivity contribution >= 4 is 35.7 Å². The third-order valence-corrected chi connectivity index (χ3v) is 5.54. The summed E-state index contributed by atoms with van der Waals surface area (Å²) in [6, 6.07) is 0. The molecule has 2 amide bonds. The number of amides is 2. The van der Waals surface area contributed by atoms with E-state index in [1.807, 2.05) is 0 Å². The molecule has 240 valence electrons. The summed E-state index contributed by atoms with van der Waals surface area (Å²) in [6.07, 6.45) is -7.03. The van der Waals surface area contributed by atoms with E-state index in [0.717, 1.165) is 20.8 Å². The van der Waals surface area contributed by atoms with E-state index in [0.29, 0.717) is 0 Å². The minimum atomic E-state index is -1.36. The van der Waals surface area contributed by atoms with E-state index in [4.69, 9.17) is 39.3 Å². The Labute approximate surface area is 242 Å². The minimum Gasteiger partial charge on any atom is -0.458 e. The molecule has 0 saturated carbocycles. The highest BCUT2D eigenvalue weighted by Crippen LogP contribution is 2.35. The van der Waals surface area contributed by atoms with E-state index in [2.05, 4.69) is 10.1 Å². The number of nitrogens with one attached hydrogen (secondary N) is 1. The van der Waals surface area contributed by atoms with Crippen molar-refractivity contribution in [3.63, 3.8) is 0 Å². The number of ether oxygens (including phenoxy) is 7. The second kappa shape index (κ2) is 19.8. The average Bonchev–Trinajstić information content (AvgIpc) is 2.89. The van der Waals surface area contributed by atoms with Crippen molar-refractivity contribution in [1.29, 1.82) is 0 Å². The first-order valence-corrected chi connectivity index (χ1v) is 13.2. The number of nitrogens with two attached hydrogens (primary N) is 1. The zero-order chi connectivity index (χ0) is 31.7. The molecule has 0 aromatic rings. The lowest BCUT2D eigenvalue weighted by atomic mass is 9.86. The van der Waals surface area contributed by atoms with E-state index in [1.165, 1.54) is 0 Å². The molecule has 1 aliphatic heterocycles. The molecule has 17 nitrogen and oxygen atoms in total. The molecule has 0 aliphatic carbocycles. The quantitative estimate of drug-likeness (QED) is 0.0510. The minimum absolute atomic E-state index is 0.0444. The molecule has 0 radical (unpaired) electrons. The van der Waals surface area contributed by atoms with Crippen molar-refractivity contribution < 1.29 is 72.1 Å². The number of esters is 4. The van der Waals surface area contributed by atoms with Crippen molar-refractivity contribution in [1.82, 2.24) is 5.32 Å². The molecule has 1 aliphatic rings. The van der Waals surface area contributed by atoms with E-state index in [9.17, 15) is 33.9 Å². The van der Waals surface area contributed by atoms with E-state index < -0.39 is 91.9 Å². The van der Waals surface area contributed by atoms with E-state index in [1.54, 1.807) is 0 Å². The van der Waals surface area contributed by atoms with Gasteiger partial charge < -0.3 is 54.4 Å². The van der Waals surface area contributed by atoms with Crippen LogP contribution < -0.4 is 11.1 Å². The number of hydrogen-bond acceptors (Lipinski definition) is 15. The molecule has 0 unspecified atom stereocenters. The van der Waals surface area contributed by atoms with Gasteiger partial charge in [0.1, 0.15) is 24.9 Å². The highest BCUT2D eigenvalue weighted by Gasteiger charge is 2.50. The second-order valence-corrected chi connectivity index (χ2v) is 9.21. The Balaban J connectivity index is 2.86. The highest BCUT2D eigenvalue weighted by molar-refractivity contribution is 5.84. The molecule has 0 spiro atoms. The number of aliphatic hydroxyl groups is 2. The van der Waals surface area contributed by atoms with Gasteiger partial charge in [0.25, 0.3) is 0 Å². The van der Waals surface area contributed by atoms with E-state index >= 15 is 0 Å². The summed E-state index contributed by atoms with van der Waals surface area (Å²) in [5.41, 5.74) is 5.39.